The summed E-state index contributed by atoms with van der Waals surface area (Å²) in [6.07, 6.45) is 4.81. The van der Waals surface area contributed by atoms with Crippen LogP contribution in [0.3, 0.4) is 0 Å². The second kappa shape index (κ2) is 6.57. The second-order valence-electron chi connectivity index (χ2n) is 6.20. The highest BCUT2D eigenvalue weighted by Crippen LogP contribution is 2.40. The molecule has 22 heavy (non-hydrogen) atoms. The highest BCUT2D eigenvalue weighted by atomic mass is 35.5. The summed E-state index contributed by atoms with van der Waals surface area (Å²) in [6, 6.07) is 11.4. The Morgan fingerprint density at radius 3 is 2.50 bits per heavy atom. The predicted molar refractivity (Wildman–Crippen MR) is 98.2 cm³/mol. The van der Waals surface area contributed by atoms with Crippen molar-refractivity contribution in [2.24, 2.45) is 0 Å². The fraction of sp³-hybridized carbons (Fsp3) is 0.368. The maximum atomic E-state index is 2.45. The fourth-order valence-corrected chi connectivity index (χ4v) is 4.54. The molecule has 0 saturated carbocycles. The lowest BCUT2D eigenvalue weighted by atomic mass is 9.88. The van der Waals surface area contributed by atoms with E-state index >= 15 is 0 Å². The maximum absolute atomic E-state index is 2.45. The third-order valence-electron chi connectivity index (χ3n) is 4.87. The van der Waals surface area contributed by atoms with E-state index in [0.717, 1.165) is 0 Å². The number of thiophene rings is 1. The molecule has 1 aliphatic carbocycles. The molecule has 3 heteroatoms. The van der Waals surface area contributed by atoms with Crippen LogP contribution in [0.4, 0.5) is 0 Å². The number of fused-ring (bicyclic) bond motifs is 2. The van der Waals surface area contributed by atoms with Gasteiger partial charge in [0.1, 0.15) is 0 Å². The lowest BCUT2D eigenvalue weighted by Crippen LogP contribution is -2.27. The van der Waals surface area contributed by atoms with Crippen LogP contribution in [0.1, 0.15) is 34.4 Å². The van der Waals surface area contributed by atoms with Gasteiger partial charge in [0.2, 0.25) is 0 Å². The molecule has 1 fully saturated rings. The highest BCUT2D eigenvalue weighted by Gasteiger charge is 2.23. The van der Waals surface area contributed by atoms with E-state index < -0.39 is 0 Å². The summed E-state index contributed by atoms with van der Waals surface area (Å²) in [7, 11) is 2.23. The van der Waals surface area contributed by atoms with E-state index in [1.54, 1.807) is 16.0 Å². The van der Waals surface area contributed by atoms with Crippen molar-refractivity contribution in [2.75, 3.05) is 20.1 Å². The van der Waals surface area contributed by atoms with Gasteiger partial charge in [-0.1, -0.05) is 29.8 Å². The van der Waals surface area contributed by atoms with Crippen LogP contribution in [-0.4, -0.2) is 25.0 Å². The standard InChI is InChI=1S/C19H21NS.ClH/c1-20-11-8-15(9-12-20)19-16-5-3-2-4-14(16)6-7-18-17(19)10-13-21-18;/h2-5,10,13H,6-9,11-12H2,1H3;1H. The third kappa shape index (κ3) is 2.76. The molecule has 0 amide bonds. The summed E-state index contributed by atoms with van der Waals surface area (Å²) >= 11 is 1.93. The number of rotatable bonds is 0. The molecule has 1 saturated heterocycles. The van der Waals surface area contributed by atoms with Gasteiger partial charge in [-0.15, -0.1) is 23.7 Å². The monoisotopic (exact) mass is 331 g/mol. The molecular formula is C19H22ClNS. The molecule has 0 atom stereocenters. The smallest absolute Gasteiger partial charge is 0.0127 e. The van der Waals surface area contributed by atoms with Gasteiger partial charge in [-0.3, -0.25) is 0 Å². The first kappa shape index (κ1) is 15.8. The molecule has 2 aromatic rings. The van der Waals surface area contributed by atoms with E-state index in [1.165, 1.54) is 55.5 Å². The van der Waals surface area contributed by atoms with Gasteiger partial charge in [0, 0.05) is 18.0 Å². The summed E-state index contributed by atoms with van der Waals surface area (Å²) in [5, 5.41) is 2.27. The molecule has 0 N–H and O–H groups in total. The van der Waals surface area contributed by atoms with Gasteiger partial charge in [0.05, 0.1) is 0 Å². The Morgan fingerprint density at radius 1 is 0.909 bits per heavy atom. The Balaban J connectivity index is 0.00000144. The molecule has 0 radical (unpaired) electrons. The molecule has 1 aromatic carbocycles. The number of aryl methyl sites for hydroxylation is 2. The normalized spacial score (nSPS) is 18.2. The van der Waals surface area contributed by atoms with E-state index in [1.807, 2.05) is 11.3 Å². The van der Waals surface area contributed by atoms with E-state index in [0.29, 0.717) is 0 Å². The Morgan fingerprint density at radius 2 is 1.68 bits per heavy atom. The van der Waals surface area contributed by atoms with Crippen molar-refractivity contribution in [3.8, 4) is 0 Å². The van der Waals surface area contributed by atoms with Crippen LogP contribution >= 0.6 is 23.7 Å². The maximum Gasteiger partial charge on any atom is 0.0127 e. The van der Waals surface area contributed by atoms with E-state index in [9.17, 15) is 0 Å². The van der Waals surface area contributed by atoms with Crippen molar-refractivity contribution < 1.29 is 0 Å². The zero-order valence-electron chi connectivity index (χ0n) is 13.0. The molecular weight excluding hydrogens is 310 g/mol. The summed E-state index contributed by atoms with van der Waals surface area (Å²) in [4.78, 5) is 4.02. The van der Waals surface area contributed by atoms with Crippen LogP contribution in [0.25, 0.3) is 5.57 Å². The predicted octanol–water partition coefficient (Wildman–Crippen LogP) is 4.80. The fourth-order valence-electron chi connectivity index (χ4n) is 3.65. The molecule has 0 unspecified atom stereocenters. The van der Waals surface area contributed by atoms with Gasteiger partial charge in [0.25, 0.3) is 0 Å². The van der Waals surface area contributed by atoms with Crippen molar-refractivity contribution in [2.45, 2.75) is 25.7 Å². The van der Waals surface area contributed by atoms with Gasteiger partial charge in [0.15, 0.2) is 0 Å². The molecule has 1 nitrogen and oxygen atoms in total. The number of hydrogen-bond donors (Lipinski definition) is 0. The number of hydrogen-bond acceptors (Lipinski definition) is 2. The van der Waals surface area contributed by atoms with E-state index in [2.05, 4.69) is 47.7 Å². The van der Waals surface area contributed by atoms with Gasteiger partial charge >= 0.3 is 0 Å². The number of piperidine rings is 1. The minimum atomic E-state index is 0. The minimum absolute atomic E-state index is 0. The largest absolute Gasteiger partial charge is 0.306 e. The summed E-state index contributed by atoms with van der Waals surface area (Å²) in [5.41, 5.74) is 7.77. The first-order valence-corrected chi connectivity index (χ1v) is 8.76. The first-order chi connectivity index (χ1) is 10.3. The number of halogens is 1. The molecule has 2 aliphatic rings. The van der Waals surface area contributed by atoms with Crippen LogP contribution in [-0.2, 0) is 12.8 Å². The van der Waals surface area contributed by atoms with E-state index in [-0.39, 0.29) is 12.4 Å². The van der Waals surface area contributed by atoms with Gasteiger partial charge in [-0.25, -0.2) is 0 Å². The van der Waals surface area contributed by atoms with Crippen LogP contribution < -0.4 is 0 Å². The van der Waals surface area contributed by atoms with Crippen LogP contribution in [0.2, 0.25) is 0 Å². The van der Waals surface area contributed by atoms with Crippen LogP contribution in [0.5, 0.6) is 0 Å². The highest BCUT2D eigenvalue weighted by molar-refractivity contribution is 7.10. The van der Waals surface area contributed by atoms with Gasteiger partial charge < -0.3 is 4.90 Å². The average molecular weight is 332 g/mol. The number of benzene rings is 1. The lowest BCUT2D eigenvalue weighted by molar-refractivity contribution is 0.313. The molecule has 0 bridgehead atoms. The van der Waals surface area contributed by atoms with Crippen molar-refractivity contribution in [3.05, 3.63) is 62.9 Å². The molecule has 4 rings (SSSR count). The van der Waals surface area contributed by atoms with Crippen LogP contribution in [0.15, 0.2) is 41.3 Å². The second-order valence-corrected chi connectivity index (χ2v) is 7.20. The first-order valence-electron chi connectivity index (χ1n) is 7.88. The Hall–Kier alpha value is -1.09. The molecule has 116 valence electrons. The Kier molecular flexibility index (Phi) is 4.72. The summed E-state index contributed by atoms with van der Waals surface area (Å²) in [5.74, 6) is 0. The Bertz CT molecular complexity index is 691. The minimum Gasteiger partial charge on any atom is -0.306 e. The zero-order chi connectivity index (χ0) is 14.2. The van der Waals surface area contributed by atoms with Gasteiger partial charge in [-0.2, -0.15) is 0 Å². The molecule has 1 aromatic heterocycles. The number of nitrogens with zero attached hydrogens (tertiary/aromatic N) is 1. The van der Waals surface area contributed by atoms with Crippen molar-refractivity contribution >= 4 is 29.3 Å². The zero-order valence-corrected chi connectivity index (χ0v) is 14.6. The van der Waals surface area contributed by atoms with Gasteiger partial charge in [-0.05, 0) is 66.4 Å². The summed E-state index contributed by atoms with van der Waals surface area (Å²) in [6.45, 7) is 2.39. The van der Waals surface area contributed by atoms with Crippen molar-refractivity contribution in [1.29, 1.82) is 0 Å². The lowest BCUT2D eigenvalue weighted by Gasteiger charge is -2.27. The summed E-state index contributed by atoms with van der Waals surface area (Å²) < 4.78 is 0. The molecule has 1 aliphatic heterocycles. The topological polar surface area (TPSA) is 3.24 Å². The SMILES string of the molecule is CN1CCC(=C2c3ccccc3CCc3sccc32)CC1.Cl. The Labute approximate surface area is 143 Å². The van der Waals surface area contributed by atoms with Crippen molar-refractivity contribution in [1.82, 2.24) is 4.90 Å². The molecule has 2 heterocycles. The van der Waals surface area contributed by atoms with Crippen LogP contribution in [0, 0.1) is 0 Å². The van der Waals surface area contributed by atoms with E-state index in [4.69, 9.17) is 0 Å². The quantitative estimate of drug-likeness (QED) is 0.670. The van der Waals surface area contributed by atoms with Crippen molar-refractivity contribution in [3.63, 3.8) is 0 Å². The number of likely N-dealkylation sites (tertiary alicyclic amines) is 1. The third-order valence-corrected chi connectivity index (χ3v) is 5.85. The average Bonchev–Trinajstić information content (AvgIpc) is 2.91. The molecule has 0 spiro atoms.